The minimum atomic E-state index is -0.675. The van der Waals surface area contributed by atoms with Crippen LogP contribution in [-0.2, 0) is 0 Å². The Morgan fingerprint density at radius 3 is 2.69 bits per heavy atom. The molecular weight excluding hydrogens is 354 g/mol. The van der Waals surface area contributed by atoms with Crippen LogP contribution in [0.25, 0.3) is 0 Å². The summed E-state index contributed by atoms with van der Waals surface area (Å²) in [5.74, 6) is 0. The van der Waals surface area contributed by atoms with Crippen molar-refractivity contribution in [3.63, 3.8) is 0 Å². The molecule has 1 atom stereocenters. The minimum absolute atomic E-state index is 0.675. The van der Waals surface area contributed by atoms with Crippen LogP contribution in [0, 0.1) is 6.92 Å². The van der Waals surface area contributed by atoms with E-state index in [0.29, 0.717) is 5.01 Å². The molecule has 84 valence electrons. The van der Waals surface area contributed by atoms with Gasteiger partial charge in [-0.05, 0) is 34.5 Å². The van der Waals surface area contributed by atoms with E-state index in [1.54, 1.807) is 0 Å². The lowest BCUT2D eigenvalue weighted by Crippen LogP contribution is -2.00. The molecule has 1 aromatic heterocycles. The smallest absolute Gasteiger partial charge is 0.132 e. The van der Waals surface area contributed by atoms with Gasteiger partial charge in [-0.15, -0.1) is 11.3 Å². The maximum Gasteiger partial charge on any atom is 0.132 e. The van der Waals surface area contributed by atoms with E-state index < -0.39 is 6.10 Å². The Bertz CT molecular complexity index is 512. The highest BCUT2D eigenvalue weighted by atomic mass is 79.9. The van der Waals surface area contributed by atoms with Crippen LogP contribution < -0.4 is 0 Å². The lowest BCUT2D eigenvalue weighted by molar-refractivity contribution is 0.219. The molecule has 0 aliphatic heterocycles. The number of aliphatic hydroxyl groups excluding tert-OH is 1. The van der Waals surface area contributed by atoms with Crippen molar-refractivity contribution < 1.29 is 5.11 Å². The van der Waals surface area contributed by atoms with E-state index in [1.807, 2.05) is 30.5 Å². The van der Waals surface area contributed by atoms with Crippen LogP contribution >= 0.6 is 43.2 Å². The molecule has 1 unspecified atom stereocenters. The fourth-order valence-electron chi connectivity index (χ4n) is 1.38. The van der Waals surface area contributed by atoms with Crippen molar-refractivity contribution in [2.45, 2.75) is 13.0 Å². The second kappa shape index (κ2) is 4.96. The maximum absolute atomic E-state index is 10.2. The zero-order valence-electron chi connectivity index (χ0n) is 8.45. The monoisotopic (exact) mass is 361 g/mol. The van der Waals surface area contributed by atoms with Gasteiger partial charge in [0.05, 0.1) is 0 Å². The van der Waals surface area contributed by atoms with Gasteiger partial charge in [-0.2, -0.15) is 0 Å². The van der Waals surface area contributed by atoms with Gasteiger partial charge in [0, 0.05) is 15.4 Å². The molecule has 0 aliphatic carbocycles. The van der Waals surface area contributed by atoms with Gasteiger partial charge in [0.15, 0.2) is 0 Å². The quantitative estimate of drug-likeness (QED) is 0.873. The number of nitrogens with zero attached hydrogens (tertiary/aromatic N) is 1. The third-order valence-corrected chi connectivity index (χ3v) is 4.47. The number of hydrogen-bond donors (Lipinski definition) is 1. The summed E-state index contributed by atoms with van der Waals surface area (Å²) in [4.78, 5) is 4.21. The van der Waals surface area contributed by atoms with Crippen molar-refractivity contribution in [1.29, 1.82) is 0 Å². The summed E-state index contributed by atoms with van der Waals surface area (Å²) in [6.45, 7) is 2.01. The van der Waals surface area contributed by atoms with E-state index in [4.69, 9.17) is 0 Å². The number of hydrogen-bond acceptors (Lipinski definition) is 3. The Morgan fingerprint density at radius 2 is 2.12 bits per heavy atom. The average Bonchev–Trinajstić information content (AvgIpc) is 2.64. The van der Waals surface area contributed by atoms with Crippen molar-refractivity contribution in [2.75, 3.05) is 0 Å². The van der Waals surface area contributed by atoms with Gasteiger partial charge < -0.3 is 5.11 Å². The lowest BCUT2D eigenvalue weighted by atomic mass is 10.1. The predicted octanol–water partition coefficient (Wildman–Crippen LogP) is 4.06. The number of aliphatic hydroxyl groups is 1. The van der Waals surface area contributed by atoms with Gasteiger partial charge in [-0.3, -0.25) is 0 Å². The van der Waals surface area contributed by atoms with E-state index in [9.17, 15) is 5.11 Å². The van der Waals surface area contributed by atoms with E-state index in [1.165, 1.54) is 11.3 Å². The van der Waals surface area contributed by atoms with Crippen LogP contribution in [0.1, 0.15) is 22.2 Å². The Hall–Kier alpha value is -0.230. The van der Waals surface area contributed by atoms with Gasteiger partial charge >= 0.3 is 0 Å². The van der Waals surface area contributed by atoms with Crippen LogP contribution in [0.5, 0.6) is 0 Å². The maximum atomic E-state index is 10.2. The van der Waals surface area contributed by atoms with Crippen LogP contribution in [0.4, 0.5) is 0 Å². The van der Waals surface area contributed by atoms with Gasteiger partial charge in [0.2, 0.25) is 0 Å². The van der Waals surface area contributed by atoms with Crippen molar-refractivity contribution in [1.82, 2.24) is 4.98 Å². The topological polar surface area (TPSA) is 33.1 Å². The second-order valence-electron chi connectivity index (χ2n) is 3.44. The standard InChI is InChI=1S/C11H9Br2NOS/c1-6-2-3-7(8(12)4-6)10(15)11-14-9(13)5-16-11/h2-5,10,15H,1H3. The SMILES string of the molecule is Cc1ccc(C(O)c2nc(Br)cs2)c(Br)c1. The molecule has 1 N–H and O–H groups in total. The van der Waals surface area contributed by atoms with E-state index in [2.05, 4.69) is 36.8 Å². The van der Waals surface area contributed by atoms with Gasteiger partial charge in [0.25, 0.3) is 0 Å². The molecule has 0 saturated heterocycles. The third-order valence-electron chi connectivity index (χ3n) is 2.18. The molecule has 0 saturated carbocycles. The molecule has 1 heterocycles. The Kier molecular flexibility index (Phi) is 3.79. The van der Waals surface area contributed by atoms with E-state index >= 15 is 0 Å². The highest BCUT2D eigenvalue weighted by Crippen LogP contribution is 2.31. The Labute approximate surface area is 115 Å². The first-order chi connectivity index (χ1) is 7.58. The molecule has 16 heavy (non-hydrogen) atoms. The van der Waals surface area contributed by atoms with Gasteiger partial charge in [-0.1, -0.05) is 28.1 Å². The Balaban J connectivity index is 2.37. The lowest BCUT2D eigenvalue weighted by Gasteiger charge is -2.10. The van der Waals surface area contributed by atoms with Crippen molar-refractivity contribution in [3.05, 3.63) is 48.8 Å². The van der Waals surface area contributed by atoms with Crippen molar-refractivity contribution >= 4 is 43.2 Å². The minimum Gasteiger partial charge on any atom is -0.381 e. The number of aromatic nitrogens is 1. The summed E-state index contributed by atoms with van der Waals surface area (Å²) < 4.78 is 1.67. The molecule has 2 nitrogen and oxygen atoms in total. The summed E-state index contributed by atoms with van der Waals surface area (Å²) in [6.07, 6.45) is -0.675. The highest BCUT2D eigenvalue weighted by Gasteiger charge is 2.16. The van der Waals surface area contributed by atoms with E-state index in [-0.39, 0.29) is 0 Å². The fraction of sp³-hybridized carbons (Fsp3) is 0.182. The second-order valence-corrected chi connectivity index (χ2v) is 5.99. The van der Waals surface area contributed by atoms with E-state index in [0.717, 1.165) is 20.2 Å². The average molecular weight is 363 g/mol. The normalized spacial score (nSPS) is 12.8. The summed E-state index contributed by atoms with van der Waals surface area (Å²) in [5, 5.41) is 12.7. The molecule has 0 bridgehead atoms. The third kappa shape index (κ3) is 2.53. The first-order valence-corrected chi connectivity index (χ1v) is 7.09. The molecule has 0 fully saturated rings. The molecule has 0 aliphatic rings. The molecule has 2 aromatic rings. The van der Waals surface area contributed by atoms with Crippen molar-refractivity contribution in [3.8, 4) is 0 Å². The molecule has 0 amide bonds. The van der Waals surface area contributed by atoms with Crippen LogP contribution in [0.15, 0.2) is 32.7 Å². The van der Waals surface area contributed by atoms with Crippen LogP contribution in [0.3, 0.4) is 0 Å². The predicted molar refractivity (Wildman–Crippen MR) is 72.8 cm³/mol. The molecule has 2 rings (SSSR count). The van der Waals surface area contributed by atoms with Crippen molar-refractivity contribution in [2.24, 2.45) is 0 Å². The highest BCUT2D eigenvalue weighted by molar-refractivity contribution is 9.10. The van der Waals surface area contributed by atoms with Gasteiger partial charge in [0.1, 0.15) is 15.7 Å². The molecule has 5 heteroatoms. The fourth-order valence-corrected chi connectivity index (χ4v) is 3.36. The van der Waals surface area contributed by atoms with Crippen LogP contribution in [0.2, 0.25) is 0 Å². The summed E-state index contributed by atoms with van der Waals surface area (Å²) >= 11 is 8.17. The molecule has 0 radical (unpaired) electrons. The number of halogens is 2. The summed E-state index contributed by atoms with van der Waals surface area (Å²) in [7, 11) is 0. The zero-order valence-corrected chi connectivity index (χ0v) is 12.4. The first kappa shape index (κ1) is 12.2. The summed E-state index contributed by atoms with van der Waals surface area (Å²) in [5.41, 5.74) is 2.00. The number of aryl methyl sites for hydroxylation is 1. The molecular formula is C11H9Br2NOS. The molecule has 0 spiro atoms. The Morgan fingerprint density at radius 1 is 1.38 bits per heavy atom. The van der Waals surface area contributed by atoms with Crippen LogP contribution in [-0.4, -0.2) is 10.1 Å². The number of benzene rings is 1. The number of rotatable bonds is 2. The summed E-state index contributed by atoms with van der Waals surface area (Å²) in [6, 6.07) is 5.88. The number of thiazole rings is 1. The first-order valence-electron chi connectivity index (χ1n) is 4.63. The van der Waals surface area contributed by atoms with Gasteiger partial charge in [-0.25, -0.2) is 4.98 Å². The molecule has 1 aromatic carbocycles. The largest absolute Gasteiger partial charge is 0.381 e. The zero-order chi connectivity index (χ0) is 11.7.